The Labute approximate surface area is 182 Å². The summed E-state index contributed by atoms with van der Waals surface area (Å²) in [5.74, 6) is -2.48. The first kappa shape index (κ1) is 18.4. The van der Waals surface area contributed by atoms with Crippen molar-refractivity contribution in [3.8, 4) is 0 Å². The molecule has 2 heterocycles. The topological polar surface area (TPSA) is 80.8 Å². The molecule has 0 bridgehead atoms. The normalized spacial score (nSPS) is 16.0. The summed E-state index contributed by atoms with van der Waals surface area (Å²) in [6, 6.07) is 19.2. The van der Waals surface area contributed by atoms with Crippen LogP contribution in [0.2, 0.25) is 0 Å². The zero-order chi connectivity index (χ0) is 22.1. The Balaban J connectivity index is 1.53. The van der Waals surface area contributed by atoms with Gasteiger partial charge in [0.2, 0.25) is 0 Å². The van der Waals surface area contributed by atoms with Gasteiger partial charge in [0.25, 0.3) is 11.8 Å². The molecule has 2 amide bonds. The van der Waals surface area contributed by atoms with Gasteiger partial charge in [0.15, 0.2) is 0 Å². The Hall–Kier alpha value is -4.32. The van der Waals surface area contributed by atoms with Crippen molar-refractivity contribution in [2.24, 2.45) is 0 Å². The van der Waals surface area contributed by atoms with Gasteiger partial charge in [0.1, 0.15) is 0 Å². The van der Waals surface area contributed by atoms with Gasteiger partial charge in [0.05, 0.1) is 17.2 Å². The maximum absolute atomic E-state index is 13.5. The molecule has 1 atom stereocenters. The van der Waals surface area contributed by atoms with Crippen molar-refractivity contribution in [1.82, 2.24) is 4.90 Å². The van der Waals surface area contributed by atoms with Gasteiger partial charge in [-0.15, -0.1) is 0 Å². The molecular weight excluding hydrogens is 406 g/mol. The largest absolute Gasteiger partial charge is 0.386 e. The van der Waals surface area contributed by atoms with E-state index in [4.69, 9.17) is 4.74 Å². The Morgan fingerprint density at radius 3 is 1.81 bits per heavy atom. The van der Waals surface area contributed by atoms with Crippen LogP contribution in [0.1, 0.15) is 60.0 Å². The van der Waals surface area contributed by atoms with Crippen LogP contribution in [0.3, 0.4) is 0 Å². The van der Waals surface area contributed by atoms with E-state index in [1.165, 1.54) is 29.2 Å². The summed E-state index contributed by atoms with van der Waals surface area (Å²) in [5.41, 5.74) is 1.76. The number of benzene rings is 4. The van der Waals surface area contributed by atoms with Crippen molar-refractivity contribution in [2.75, 3.05) is 0 Å². The average molecular weight is 421 g/mol. The number of imide groups is 1. The van der Waals surface area contributed by atoms with Crippen molar-refractivity contribution in [1.29, 1.82) is 0 Å². The molecule has 6 rings (SSSR count). The van der Waals surface area contributed by atoms with Gasteiger partial charge in [-0.2, -0.15) is 0 Å². The molecule has 6 heteroatoms. The molecule has 0 aromatic heterocycles. The SMILES string of the molecule is C[C@H](c1ccc2ccccc2c1)N1C(=O)c2ccc3c4c(ccc(c24)C1=O)C(=O)OC3=O. The number of rotatable bonds is 2. The number of ether oxygens (including phenoxy) is 1. The van der Waals surface area contributed by atoms with Crippen LogP contribution in [-0.2, 0) is 4.74 Å². The standard InChI is InChI=1S/C26H15NO5/c1-13(15-7-6-14-4-2-3-5-16(14)12-15)27-23(28)17-8-10-19-22-20(26(31)32-25(19)30)11-9-18(21(17)22)24(27)29/h2-13H,1H3/t13-/m1/s1. The van der Waals surface area contributed by atoms with Crippen LogP contribution in [0.4, 0.5) is 0 Å². The first-order valence-electron chi connectivity index (χ1n) is 10.2. The van der Waals surface area contributed by atoms with Crippen LogP contribution in [0.15, 0.2) is 66.7 Å². The number of hydrogen-bond donors (Lipinski definition) is 0. The third kappa shape index (κ3) is 2.34. The van der Waals surface area contributed by atoms with Crippen LogP contribution in [0, 0.1) is 0 Å². The molecule has 0 N–H and O–H groups in total. The zero-order valence-corrected chi connectivity index (χ0v) is 16.9. The summed E-state index contributed by atoms with van der Waals surface area (Å²) in [4.78, 5) is 52.7. The summed E-state index contributed by atoms with van der Waals surface area (Å²) in [5, 5.41) is 2.73. The van der Waals surface area contributed by atoms with Gasteiger partial charge in [-0.25, -0.2) is 9.59 Å². The first-order valence-corrected chi connectivity index (χ1v) is 10.2. The molecule has 32 heavy (non-hydrogen) atoms. The molecule has 0 aliphatic carbocycles. The van der Waals surface area contributed by atoms with E-state index in [9.17, 15) is 19.2 Å². The highest BCUT2D eigenvalue weighted by atomic mass is 16.6. The Morgan fingerprint density at radius 2 is 1.19 bits per heavy atom. The van der Waals surface area contributed by atoms with Crippen LogP contribution in [-0.4, -0.2) is 28.7 Å². The molecular formula is C26H15NO5. The van der Waals surface area contributed by atoms with Gasteiger partial charge >= 0.3 is 11.9 Å². The second-order valence-electron chi connectivity index (χ2n) is 8.01. The Bertz CT molecular complexity index is 1480. The van der Waals surface area contributed by atoms with Crippen LogP contribution < -0.4 is 0 Å². The van der Waals surface area contributed by atoms with E-state index in [1.807, 2.05) is 49.4 Å². The maximum atomic E-state index is 13.5. The molecule has 0 unspecified atom stereocenters. The van der Waals surface area contributed by atoms with E-state index < -0.39 is 29.8 Å². The molecule has 2 aliphatic heterocycles. The van der Waals surface area contributed by atoms with Crippen LogP contribution >= 0.6 is 0 Å². The summed E-state index contributed by atoms with van der Waals surface area (Å²) in [6.07, 6.45) is 0. The molecule has 0 spiro atoms. The van der Waals surface area contributed by atoms with Crippen molar-refractivity contribution >= 4 is 45.3 Å². The lowest BCUT2D eigenvalue weighted by molar-refractivity contribution is 0.0387. The number of nitrogens with zero attached hydrogens (tertiary/aromatic N) is 1. The molecule has 4 aromatic carbocycles. The highest BCUT2D eigenvalue weighted by molar-refractivity contribution is 6.31. The molecule has 0 fully saturated rings. The number of carbonyl (C=O) groups excluding carboxylic acids is 4. The second kappa shape index (κ2) is 6.34. The molecule has 154 valence electrons. The number of fused-ring (bicyclic) bond motifs is 1. The molecule has 4 aromatic rings. The average Bonchev–Trinajstić information content (AvgIpc) is 2.80. The summed E-state index contributed by atoms with van der Waals surface area (Å²) < 4.78 is 4.78. The highest BCUT2D eigenvalue weighted by Gasteiger charge is 2.39. The minimum atomic E-state index is -0.780. The van der Waals surface area contributed by atoms with Crippen molar-refractivity contribution < 1.29 is 23.9 Å². The Kier molecular flexibility index (Phi) is 3.66. The van der Waals surface area contributed by atoms with Gasteiger partial charge in [-0.1, -0.05) is 36.4 Å². The van der Waals surface area contributed by atoms with Crippen LogP contribution in [0.5, 0.6) is 0 Å². The van der Waals surface area contributed by atoms with Crippen molar-refractivity contribution in [3.63, 3.8) is 0 Å². The van der Waals surface area contributed by atoms with Crippen molar-refractivity contribution in [2.45, 2.75) is 13.0 Å². The van der Waals surface area contributed by atoms with Crippen molar-refractivity contribution in [3.05, 3.63) is 94.5 Å². The highest BCUT2D eigenvalue weighted by Crippen LogP contribution is 2.39. The van der Waals surface area contributed by atoms with Gasteiger partial charge in [-0.05, 0) is 53.6 Å². The fraction of sp³-hybridized carbons (Fsp3) is 0.0769. The third-order valence-electron chi connectivity index (χ3n) is 6.33. The lowest BCUT2D eigenvalue weighted by Gasteiger charge is -2.33. The number of amides is 2. The van der Waals surface area contributed by atoms with E-state index in [0.29, 0.717) is 10.8 Å². The molecule has 6 nitrogen and oxygen atoms in total. The zero-order valence-electron chi connectivity index (χ0n) is 16.9. The predicted octanol–water partition coefficient (Wildman–Crippen LogP) is 4.66. The molecule has 2 aliphatic rings. The monoisotopic (exact) mass is 421 g/mol. The third-order valence-corrected chi connectivity index (χ3v) is 6.33. The first-order chi connectivity index (χ1) is 15.5. The number of carbonyl (C=O) groups is 4. The summed E-state index contributed by atoms with van der Waals surface area (Å²) >= 11 is 0. The van der Waals surface area contributed by atoms with Gasteiger partial charge in [0, 0.05) is 21.9 Å². The Morgan fingerprint density at radius 1 is 0.656 bits per heavy atom. The smallest absolute Gasteiger partial charge is 0.346 e. The molecule has 0 saturated carbocycles. The number of cyclic esters (lactones) is 2. The van der Waals surface area contributed by atoms with E-state index >= 15 is 0 Å². The summed E-state index contributed by atoms with van der Waals surface area (Å²) in [7, 11) is 0. The maximum Gasteiger partial charge on any atom is 0.346 e. The van der Waals surface area contributed by atoms with E-state index in [1.54, 1.807) is 0 Å². The quantitative estimate of drug-likeness (QED) is 0.267. The van der Waals surface area contributed by atoms with E-state index in [-0.39, 0.29) is 22.3 Å². The van der Waals surface area contributed by atoms with Gasteiger partial charge in [-0.3, -0.25) is 14.5 Å². The van der Waals surface area contributed by atoms with E-state index in [2.05, 4.69) is 0 Å². The second-order valence-corrected chi connectivity index (χ2v) is 8.01. The fourth-order valence-corrected chi connectivity index (χ4v) is 4.71. The van der Waals surface area contributed by atoms with Crippen LogP contribution in [0.25, 0.3) is 21.5 Å². The number of hydrogen-bond acceptors (Lipinski definition) is 5. The minimum Gasteiger partial charge on any atom is -0.386 e. The molecule has 0 saturated heterocycles. The fourth-order valence-electron chi connectivity index (χ4n) is 4.71. The van der Waals surface area contributed by atoms with Gasteiger partial charge < -0.3 is 4.74 Å². The summed E-state index contributed by atoms with van der Waals surface area (Å²) in [6.45, 7) is 1.81. The minimum absolute atomic E-state index is 0.178. The predicted molar refractivity (Wildman–Crippen MR) is 117 cm³/mol. The lowest BCUT2D eigenvalue weighted by atomic mass is 9.86. The lowest BCUT2D eigenvalue weighted by Crippen LogP contribution is -2.42. The molecule has 0 radical (unpaired) electrons. The van der Waals surface area contributed by atoms with E-state index in [0.717, 1.165) is 16.3 Å². The number of esters is 2.